The van der Waals surface area contributed by atoms with Crippen LogP contribution in [-0.2, 0) is 11.8 Å². The molecule has 3 atom stereocenters. The van der Waals surface area contributed by atoms with Crippen molar-refractivity contribution in [1.82, 2.24) is 4.90 Å². The van der Waals surface area contributed by atoms with Gasteiger partial charge in [-0.1, -0.05) is 37.5 Å². The van der Waals surface area contributed by atoms with Crippen molar-refractivity contribution < 1.29 is 4.74 Å². The molecule has 1 saturated carbocycles. The van der Waals surface area contributed by atoms with E-state index in [1.54, 1.807) is 12.7 Å². The average Bonchev–Trinajstić information content (AvgIpc) is 2.68. The Balaban J connectivity index is 2.03. The van der Waals surface area contributed by atoms with Gasteiger partial charge in [-0.3, -0.25) is 4.90 Å². The lowest BCUT2D eigenvalue weighted by molar-refractivity contribution is 0.0965. The first kappa shape index (κ1) is 17.5. The molecule has 1 aromatic carbocycles. The van der Waals surface area contributed by atoms with E-state index in [4.69, 9.17) is 4.74 Å². The van der Waals surface area contributed by atoms with Gasteiger partial charge < -0.3 is 4.74 Å². The molecule has 3 rings (SSSR count). The highest BCUT2D eigenvalue weighted by molar-refractivity contribution is 5.44. The number of likely N-dealkylation sites (N-methyl/N-ethyl adjacent to an activating group) is 1. The molecule has 24 heavy (non-hydrogen) atoms. The van der Waals surface area contributed by atoms with Crippen LogP contribution in [0.15, 0.2) is 29.8 Å². The fraction of sp³-hybridized carbons (Fsp3) is 0.636. The summed E-state index contributed by atoms with van der Waals surface area (Å²) in [5.41, 5.74) is 4.73. The van der Waals surface area contributed by atoms with Crippen molar-refractivity contribution in [3.63, 3.8) is 0 Å². The number of hydrogen-bond donors (Lipinski definition) is 0. The van der Waals surface area contributed by atoms with E-state index in [0.29, 0.717) is 6.04 Å². The van der Waals surface area contributed by atoms with Crippen LogP contribution in [0, 0.1) is 5.92 Å². The van der Waals surface area contributed by atoms with Crippen LogP contribution in [0.25, 0.3) is 0 Å². The zero-order valence-electron chi connectivity index (χ0n) is 16.1. The van der Waals surface area contributed by atoms with Crippen molar-refractivity contribution in [1.29, 1.82) is 0 Å². The van der Waals surface area contributed by atoms with Gasteiger partial charge in [0.25, 0.3) is 0 Å². The largest absolute Gasteiger partial charge is 0.497 e. The maximum Gasteiger partial charge on any atom is 0.119 e. The Labute approximate surface area is 147 Å². The molecule has 132 valence electrons. The first-order valence-electron chi connectivity index (χ1n) is 9.46. The predicted molar refractivity (Wildman–Crippen MR) is 102 cm³/mol. The van der Waals surface area contributed by atoms with E-state index in [9.17, 15) is 0 Å². The van der Waals surface area contributed by atoms with Crippen LogP contribution in [0.5, 0.6) is 5.75 Å². The molecular weight excluding hydrogens is 294 g/mol. The van der Waals surface area contributed by atoms with Crippen LogP contribution in [0.3, 0.4) is 0 Å². The van der Waals surface area contributed by atoms with Gasteiger partial charge in [0.2, 0.25) is 0 Å². The molecule has 0 spiro atoms. The summed E-state index contributed by atoms with van der Waals surface area (Å²) in [5.74, 6) is 1.78. The van der Waals surface area contributed by atoms with Crippen LogP contribution < -0.4 is 4.74 Å². The topological polar surface area (TPSA) is 12.5 Å². The summed E-state index contributed by atoms with van der Waals surface area (Å²) >= 11 is 0. The van der Waals surface area contributed by atoms with E-state index in [1.807, 2.05) is 0 Å². The van der Waals surface area contributed by atoms with E-state index >= 15 is 0 Å². The zero-order valence-corrected chi connectivity index (χ0v) is 16.1. The van der Waals surface area contributed by atoms with Gasteiger partial charge in [0, 0.05) is 18.0 Å². The zero-order chi connectivity index (χ0) is 17.3. The smallest absolute Gasteiger partial charge is 0.119 e. The monoisotopic (exact) mass is 327 g/mol. The second-order valence-electron chi connectivity index (χ2n) is 8.32. The maximum absolute atomic E-state index is 5.55. The Morgan fingerprint density at radius 3 is 2.83 bits per heavy atom. The molecule has 2 heteroatoms. The number of fused-ring (bicyclic) bond motifs is 4. The quantitative estimate of drug-likeness (QED) is 0.724. The van der Waals surface area contributed by atoms with Gasteiger partial charge >= 0.3 is 0 Å². The van der Waals surface area contributed by atoms with Gasteiger partial charge in [-0.25, -0.2) is 0 Å². The summed E-state index contributed by atoms with van der Waals surface area (Å²) < 4.78 is 5.55. The minimum atomic E-state index is 0.230. The number of methoxy groups -OCH3 is 1. The lowest BCUT2D eigenvalue weighted by Gasteiger charge is -2.50. The van der Waals surface area contributed by atoms with Crippen LogP contribution in [0.2, 0.25) is 0 Å². The van der Waals surface area contributed by atoms with Gasteiger partial charge in [-0.15, -0.1) is 0 Å². The normalized spacial score (nSPS) is 28.9. The Kier molecular flexibility index (Phi) is 5.05. The van der Waals surface area contributed by atoms with E-state index in [2.05, 4.69) is 57.0 Å². The molecular formula is C22H33NO. The number of hydrogen-bond acceptors (Lipinski definition) is 2. The van der Waals surface area contributed by atoms with Crippen molar-refractivity contribution in [2.45, 2.75) is 64.3 Å². The Morgan fingerprint density at radius 1 is 1.33 bits per heavy atom. The summed E-state index contributed by atoms with van der Waals surface area (Å²) in [6.07, 6.45) is 8.96. The summed E-state index contributed by atoms with van der Waals surface area (Å²) in [5, 5.41) is 0. The molecule has 1 fully saturated rings. The van der Waals surface area contributed by atoms with Gasteiger partial charge in [0.05, 0.1) is 7.11 Å². The molecule has 1 unspecified atom stereocenters. The lowest BCUT2D eigenvalue weighted by Crippen LogP contribution is -2.54. The number of nitrogens with zero attached hydrogens (tertiary/aromatic N) is 1. The third-order valence-corrected chi connectivity index (χ3v) is 6.30. The molecule has 0 aliphatic heterocycles. The minimum Gasteiger partial charge on any atom is -0.497 e. The number of ether oxygens (including phenoxy) is 1. The van der Waals surface area contributed by atoms with E-state index in [1.165, 1.54) is 43.2 Å². The van der Waals surface area contributed by atoms with Crippen LogP contribution in [0.1, 0.15) is 57.6 Å². The van der Waals surface area contributed by atoms with Crippen molar-refractivity contribution in [3.05, 3.63) is 41.0 Å². The van der Waals surface area contributed by atoms with Crippen molar-refractivity contribution >= 4 is 0 Å². The highest BCUT2D eigenvalue weighted by atomic mass is 16.5. The molecule has 2 aliphatic carbocycles. The van der Waals surface area contributed by atoms with Gasteiger partial charge in [-0.2, -0.15) is 0 Å². The summed E-state index contributed by atoms with van der Waals surface area (Å²) in [6.45, 7) is 7.96. The molecule has 2 bridgehead atoms. The Morgan fingerprint density at radius 2 is 2.12 bits per heavy atom. The Bertz CT molecular complexity index is 616. The van der Waals surface area contributed by atoms with Gasteiger partial charge in [0.1, 0.15) is 5.75 Å². The second kappa shape index (κ2) is 6.92. The first-order valence-corrected chi connectivity index (χ1v) is 9.46. The molecule has 2 aliphatic rings. The fourth-order valence-electron chi connectivity index (χ4n) is 5.19. The molecule has 0 radical (unpaired) electrons. The lowest BCUT2D eigenvalue weighted by atomic mass is 9.62. The van der Waals surface area contributed by atoms with Crippen LogP contribution >= 0.6 is 0 Å². The van der Waals surface area contributed by atoms with E-state index < -0.39 is 0 Å². The third-order valence-electron chi connectivity index (χ3n) is 6.30. The Hall–Kier alpha value is -1.28. The molecule has 0 N–H and O–H groups in total. The standard InChI is InChI=1S/C22H33NO/c1-16(2)11-13-23(4)21-18-8-6-7-12-22(21,3)20-15-19(24-5)10-9-17(20)14-18/h9-11,15,18,21H,6-8,12-14H2,1-5H3/t18?,21-,22+/m0/s1. The SMILES string of the molecule is COc1ccc2c(c1)[C@@]1(C)CCCCC(C2)[C@@H]1N(C)CC=C(C)C. The van der Waals surface area contributed by atoms with Gasteiger partial charge in [-0.05, 0) is 69.3 Å². The van der Waals surface area contributed by atoms with E-state index in [0.717, 1.165) is 18.2 Å². The molecule has 0 aromatic heterocycles. The number of allylic oxidation sites excluding steroid dienone is 1. The van der Waals surface area contributed by atoms with Gasteiger partial charge in [0.15, 0.2) is 0 Å². The summed E-state index contributed by atoms with van der Waals surface area (Å²) in [7, 11) is 4.10. The van der Waals surface area contributed by atoms with Crippen LogP contribution in [-0.4, -0.2) is 31.6 Å². The molecule has 1 aromatic rings. The van der Waals surface area contributed by atoms with Crippen molar-refractivity contribution in [2.75, 3.05) is 20.7 Å². The number of benzene rings is 1. The summed E-state index contributed by atoms with van der Waals surface area (Å²) in [4.78, 5) is 2.62. The highest BCUT2D eigenvalue weighted by Crippen LogP contribution is 2.49. The first-order chi connectivity index (χ1) is 11.5. The molecule has 0 saturated heterocycles. The van der Waals surface area contributed by atoms with Crippen molar-refractivity contribution in [3.8, 4) is 5.75 Å². The molecule has 2 nitrogen and oxygen atoms in total. The van der Waals surface area contributed by atoms with E-state index in [-0.39, 0.29) is 5.41 Å². The number of rotatable bonds is 4. The van der Waals surface area contributed by atoms with Crippen LogP contribution in [0.4, 0.5) is 0 Å². The summed E-state index contributed by atoms with van der Waals surface area (Å²) in [6, 6.07) is 7.40. The second-order valence-corrected chi connectivity index (χ2v) is 8.32. The molecule has 0 heterocycles. The average molecular weight is 328 g/mol. The third kappa shape index (κ3) is 3.13. The fourth-order valence-corrected chi connectivity index (χ4v) is 5.19. The highest BCUT2D eigenvalue weighted by Gasteiger charge is 2.47. The maximum atomic E-state index is 5.55. The minimum absolute atomic E-state index is 0.230. The molecule has 0 amide bonds. The predicted octanol–water partition coefficient (Wildman–Crippen LogP) is 4.97. The van der Waals surface area contributed by atoms with Crippen molar-refractivity contribution in [2.24, 2.45) is 5.92 Å².